The van der Waals surface area contributed by atoms with Gasteiger partial charge in [0.1, 0.15) is 0 Å². The SMILES string of the molecule is CCCCCS(=O)(=O)N1CC1. The third kappa shape index (κ3) is 2.79. The maximum Gasteiger partial charge on any atom is 0.214 e. The lowest BCUT2D eigenvalue weighted by molar-refractivity contribution is 0.558. The highest BCUT2D eigenvalue weighted by Gasteiger charge is 2.30. The Morgan fingerprint density at radius 2 is 1.91 bits per heavy atom. The first-order valence-electron chi connectivity index (χ1n) is 4.14. The van der Waals surface area contributed by atoms with E-state index in [4.69, 9.17) is 0 Å². The Morgan fingerprint density at radius 1 is 1.27 bits per heavy atom. The Balaban J connectivity index is 2.23. The third-order valence-electron chi connectivity index (χ3n) is 1.81. The molecule has 0 bridgehead atoms. The van der Waals surface area contributed by atoms with Gasteiger partial charge in [-0.1, -0.05) is 19.8 Å². The smallest absolute Gasteiger partial charge is 0.212 e. The number of unbranched alkanes of at least 4 members (excludes halogenated alkanes) is 2. The fourth-order valence-electron chi connectivity index (χ4n) is 0.983. The third-order valence-corrected chi connectivity index (χ3v) is 3.76. The van der Waals surface area contributed by atoms with E-state index in [1.54, 1.807) is 0 Å². The van der Waals surface area contributed by atoms with Gasteiger partial charge in [-0.3, -0.25) is 0 Å². The fraction of sp³-hybridized carbons (Fsp3) is 1.00. The molecule has 0 amide bonds. The van der Waals surface area contributed by atoms with E-state index >= 15 is 0 Å². The summed E-state index contributed by atoms with van der Waals surface area (Å²) in [6.45, 7) is 3.56. The van der Waals surface area contributed by atoms with Crippen LogP contribution < -0.4 is 0 Å². The molecule has 0 aromatic heterocycles. The summed E-state index contributed by atoms with van der Waals surface area (Å²) in [5.41, 5.74) is 0. The van der Waals surface area contributed by atoms with Gasteiger partial charge in [0.2, 0.25) is 10.0 Å². The Kier molecular flexibility index (Phi) is 2.90. The monoisotopic (exact) mass is 177 g/mol. The van der Waals surface area contributed by atoms with E-state index in [2.05, 4.69) is 6.92 Å². The van der Waals surface area contributed by atoms with Crippen molar-refractivity contribution in [2.75, 3.05) is 18.8 Å². The fourth-order valence-corrected chi connectivity index (χ4v) is 2.45. The number of nitrogens with zero attached hydrogens (tertiary/aromatic N) is 1. The van der Waals surface area contributed by atoms with Gasteiger partial charge in [-0.25, -0.2) is 8.42 Å². The van der Waals surface area contributed by atoms with Crippen molar-refractivity contribution < 1.29 is 8.42 Å². The zero-order valence-electron chi connectivity index (χ0n) is 6.91. The molecular weight excluding hydrogens is 162 g/mol. The lowest BCUT2D eigenvalue weighted by Crippen LogP contribution is -2.15. The lowest BCUT2D eigenvalue weighted by Gasteiger charge is -2.01. The molecule has 66 valence electrons. The van der Waals surface area contributed by atoms with E-state index in [0.29, 0.717) is 5.75 Å². The van der Waals surface area contributed by atoms with Crippen molar-refractivity contribution in [2.24, 2.45) is 0 Å². The molecule has 0 atom stereocenters. The predicted octanol–water partition coefficient (Wildman–Crippen LogP) is 0.822. The first kappa shape index (κ1) is 9.00. The summed E-state index contributed by atoms with van der Waals surface area (Å²) >= 11 is 0. The summed E-state index contributed by atoms with van der Waals surface area (Å²) in [5, 5.41) is 0. The molecule has 1 rings (SSSR count). The molecule has 0 aromatic carbocycles. The van der Waals surface area contributed by atoms with Crippen LogP contribution in [0.15, 0.2) is 0 Å². The van der Waals surface area contributed by atoms with Gasteiger partial charge >= 0.3 is 0 Å². The maximum absolute atomic E-state index is 11.2. The molecule has 1 saturated heterocycles. The molecule has 1 aliphatic rings. The van der Waals surface area contributed by atoms with Crippen LogP contribution in [0.2, 0.25) is 0 Å². The minimum absolute atomic E-state index is 0.348. The van der Waals surface area contributed by atoms with Gasteiger partial charge in [0.05, 0.1) is 5.75 Å². The van der Waals surface area contributed by atoms with Gasteiger partial charge in [0.25, 0.3) is 0 Å². The van der Waals surface area contributed by atoms with Crippen LogP contribution in [0.4, 0.5) is 0 Å². The molecule has 4 heteroatoms. The largest absolute Gasteiger partial charge is 0.214 e. The average Bonchev–Trinajstić information content (AvgIpc) is 2.68. The van der Waals surface area contributed by atoms with Crippen LogP contribution in [0.3, 0.4) is 0 Å². The molecule has 3 nitrogen and oxygen atoms in total. The van der Waals surface area contributed by atoms with E-state index in [1.165, 1.54) is 4.31 Å². The highest BCUT2D eigenvalue weighted by molar-refractivity contribution is 7.89. The zero-order valence-corrected chi connectivity index (χ0v) is 7.73. The second-order valence-electron chi connectivity index (χ2n) is 2.92. The molecule has 0 aliphatic carbocycles. The van der Waals surface area contributed by atoms with Gasteiger partial charge in [-0.05, 0) is 6.42 Å². The highest BCUT2D eigenvalue weighted by atomic mass is 32.2. The second kappa shape index (κ2) is 3.54. The van der Waals surface area contributed by atoms with E-state index in [9.17, 15) is 8.42 Å². The molecule has 1 heterocycles. The Hall–Kier alpha value is -0.0900. The molecule has 1 aliphatic heterocycles. The van der Waals surface area contributed by atoms with Gasteiger partial charge in [0, 0.05) is 13.1 Å². The molecule has 0 radical (unpaired) electrons. The molecule has 0 spiro atoms. The number of hydrogen-bond donors (Lipinski definition) is 0. The van der Waals surface area contributed by atoms with Gasteiger partial charge in [-0.15, -0.1) is 0 Å². The molecule has 0 unspecified atom stereocenters. The maximum atomic E-state index is 11.2. The van der Waals surface area contributed by atoms with E-state index in [-0.39, 0.29) is 0 Å². The predicted molar refractivity (Wildman–Crippen MR) is 44.9 cm³/mol. The van der Waals surface area contributed by atoms with Gasteiger partial charge in [-0.2, -0.15) is 4.31 Å². The molecular formula is C7H15NO2S. The zero-order chi connectivity index (χ0) is 8.32. The van der Waals surface area contributed by atoms with Crippen molar-refractivity contribution in [2.45, 2.75) is 26.2 Å². The first-order valence-corrected chi connectivity index (χ1v) is 5.75. The van der Waals surface area contributed by atoms with Crippen molar-refractivity contribution in [3.05, 3.63) is 0 Å². The quantitative estimate of drug-likeness (QED) is 0.460. The molecule has 0 saturated carbocycles. The summed E-state index contributed by atoms with van der Waals surface area (Å²) in [6.07, 6.45) is 2.91. The Bertz CT molecular complexity index is 206. The lowest BCUT2D eigenvalue weighted by atomic mass is 10.3. The standard InChI is InChI=1S/C7H15NO2S/c1-2-3-4-7-11(9,10)8-5-6-8/h2-7H2,1H3. The molecule has 0 N–H and O–H groups in total. The van der Waals surface area contributed by atoms with Crippen LogP contribution in [0.25, 0.3) is 0 Å². The van der Waals surface area contributed by atoms with E-state index in [0.717, 1.165) is 32.4 Å². The van der Waals surface area contributed by atoms with Crippen LogP contribution >= 0.6 is 0 Å². The van der Waals surface area contributed by atoms with Crippen LogP contribution in [0, 0.1) is 0 Å². The topological polar surface area (TPSA) is 37.1 Å². The van der Waals surface area contributed by atoms with Gasteiger partial charge in [0.15, 0.2) is 0 Å². The summed E-state index contributed by atoms with van der Waals surface area (Å²) in [7, 11) is -2.83. The summed E-state index contributed by atoms with van der Waals surface area (Å²) in [5.74, 6) is 0.348. The average molecular weight is 177 g/mol. The van der Waals surface area contributed by atoms with Crippen LogP contribution in [0.1, 0.15) is 26.2 Å². The van der Waals surface area contributed by atoms with Crippen LogP contribution in [0.5, 0.6) is 0 Å². The van der Waals surface area contributed by atoms with Crippen LogP contribution in [-0.2, 0) is 10.0 Å². The Morgan fingerprint density at radius 3 is 2.36 bits per heavy atom. The normalized spacial score (nSPS) is 18.6. The number of hydrogen-bond acceptors (Lipinski definition) is 2. The highest BCUT2D eigenvalue weighted by Crippen LogP contribution is 2.13. The van der Waals surface area contributed by atoms with Crippen molar-refractivity contribution in [1.82, 2.24) is 4.31 Å². The Labute approximate surface area is 68.4 Å². The van der Waals surface area contributed by atoms with Crippen LogP contribution in [-0.4, -0.2) is 31.6 Å². The van der Waals surface area contributed by atoms with Crippen molar-refractivity contribution >= 4 is 10.0 Å². The second-order valence-corrected chi connectivity index (χ2v) is 5.01. The minimum atomic E-state index is -2.83. The van der Waals surface area contributed by atoms with E-state index < -0.39 is 10.0 Å². The van der Waals surface area contributed by atoms with E-state index in [1.807, 2.05) is 0 Å². The first-order chi connectivity index (χ1) is 5.17. The summed E-state index contributed by atoms with van der Waals surface area (Å²) < 4.78 is 23.9. The van der Waals surface area contributed by atoms with Crippen molar-refractivity contribution in [3.63, 3.8) is 0 Å². The number of sulfonamides is 1. The molecule has 0 aromatic rings. The van der Waals surface area contributed by atoms with Crippen molar-refractivity contribution in [1.29, 1.82) is 0 Å². The summed E-state index contributed by atoms with van der Waals surface area (Å²) in [6, 6.07) is 0. The summed E-state index contributed by atoms with van der Waals surface area (Å²) in [4.78, 5) is 0. The van der Waals surface area contributed by atoms with Crippen molar-refractivity contribution in [3.8, 4) is 0 Å². The van der Waals surface area contributed by atoms with Gasteiger partial charge < -0.3 is 0 Å². The molecule has 11 heavy (non-hydrogen) atoms. The number of rotatable bonds is 5. The molecule has 1 fully saturated rings. The minimum Gasteiger partial charge on any atom is -0.212 e.